The van der Waals surface area contributed by atoms with Gasteiger partial charge in [0.1, 0.15) is 12.0 Å². The minimum atomic E-state index is -0.998. The largest absolute Gasteiger partial charge is 0.482 e. The summed E-state index contributed by atoms with van der Waals surface area (Å²) < 4.78 is 10.5. The molecule has 30 heavy (non-hydrogen) atoms. The summed E-state index contributed by atoms with van der Waals surface area (Å²) in [7, 11) is 0. The van der Waals surface area contributed by atoms with Crippen LogP contribution >= 0.6 is 0 Å². The van der Waals surface area contributed by atoms with Crippen molar-refractivity contribution in [2.45, 2.75) is 13.0 Å². The van der Waals surface area contributed by atoms with Crippen molar-refractivity contribution in [2.75, 3.05) is 11.9 Å². The van der Waals surface area contributed by atoms with Gasteiger partial charge < -0.3 is 14.8 Å². The summed E-state index contributed by atoms with van der Waals surface area (Å²) in [6.07, 6.45) is -0.281. The van der Waals surface area contributed by atoms with Gasteiger partial charge in [0.25, 0.3) is 5.91 Å². The Bertz CT molecular complexity index is 1020. The molecule has 152 valence electrons. The molecule has 0 saturated carbocycles. The minimum absolute atomic E-state index is 0.349. The average Bonchev–Trinajstić information content (AvgIpc) is 2.79. The molecule has 0 spiro atoms. The fourth-order valence-electron chi connectivity index (χ4n) is 2.77. The molecule has 0 aliphatic carbocycles. The standard InChI is InChI=1S/C24H21NO5/c1-17(30-23(27)16-29-20-13-11-18(15-26)12-14-20)24(28)25-22-10-6-5-9-21(22)19-7-3-2-4-8-19/h2-15,17H,16H2,1H3,(H,25,28)/t17-/m0/s1. The molecule has 3 rings (SSSR count). The highest BCUT2D eigenvalue weighted by Gasteiger charge is 2.19. The van der Waals surface area contributed by atoms with Crippen LogP contribution in [0.3, 0.4) is 0 Å². The lowest BCUT2D eigenvalue weighted by Gasteiger charge is -2.16. The van der Waals surface area contributed by atoms with Crippen molar-refractivity contribution in [3.05, 3.63) is 84.4 Å². The third-order valence-corrected chi connectivity index (χ3v) is 4.32. The van der Waals surface area contributed by atoms with E-state index in [-0.39, 0.29) is 6.61 Å². The smallest absolute Gasteiger partial charge is 0.344 e. The Morgan fingerprint density at radius 2 is 1.60 bits per heavy atom. The van der Waals surface area contributed by atoms with Crippen molar-refractivity contribution >= 4 is 23.9 Å². The van der Waals surface area contributed by atoms with Crippen LogP contribution in [0, 0.1) is 0 Å². The van der Waals surface area contributed by atoms with Crippen LogP contribution in [0.25, 0.3) is 11.1 Å². The number of nitrogens with one attached hydrogen (secondary N) is 1. The van der Waals surface area contributed by atoms with Gasteiger partial charge in [0.2, 0.25) is 0 Å². The molecule has 6 nitrogen and oxygen atoms in total. The van der Waals surface area contributed by atoms with Crippen molar-refractivity contribution in [2.24, 2.45) is 0 Å². The van der Waals surface area contributed by atoms with Gasteiger partial charge in [-0.2, -0.15) is 0 Å². The summed E-state index contributed by atoms with van der Waals surface area (Å²) >= 11 is 0. The minimum Gasteiger partial charge on any atom is -0.482 e. The number of hydrogen-bond donors (Lipinski definition) is 1. The zero-order chi connectivity index (χ0) is 21.3. The Hall–Kier alpha value is -3.93. The molecule has 0 fully saturated rings. The van der Waals surface area contributed by atoms with Gasteiger partial charge in [-0.1, -0.05) is 48.5 Å². The predicted octanol–water partition coefficient (Wildman–Crippen LogP) is 4.12. The number of benzene rings is 3. The van der Waals surface area contributed by atoms with Crippen LogP contribution in [0.15, 0.2) is 78.9 Å². The maximum atomic E-state index is 12.5. The summed E-state index contributed by atoms with van der Waals surface area (Å²) in [6.45, 7) is 1.15. The molecule has 3 aromatic carbocycles. The molecule has 1 atom stereocenters. The number of rotatable bonds is 8. The lowest BCUT2D eigenvalue weighted by Crippen LogP contribution is -2.31. The topological polar surface area (TPSA) is 81.7 Å². The van der Waals surface area contributed by atoms with E-state index in [9.17, 15) is 14.4 Å². The maximum Gasteiger partial charge on any atom is 0.344 e. The quantitative estimate of drug-likeness (QED) is 0.452. The zero-order valence-corrected chi connectivity index (χ0v) is 16.4. The lowest BCUT2D eigenvalue weighted by molar-refractivity contribution is -0.155. The number of hydrogen-bond acceptors (Lipinski definition) is 5. The third-order valence-electron chi connectivity index (χ3n) is 4.32. The summed E-state index contributed by atoms with van der Waals surface area (Å²) in [5, 5.41) is 2.81. The van der Waals surface area contributed by atoms with Crippen molar-refractivity contribution in [1.29, 1.82) is 0 Å². The van der Waals surface area contributed by atoms with E-state index in [0.29, 0.717) is 23.3 Å². The molecule has 0 aromatic heterocycles. The van der Waals surface area contributed by atoms with Crippen LogP contribution < -0.4 is 10.1 Å². The van der Waals surface area contributed by atoms with E-state index in [1.54, 1.807) is 30.3 Å². The molecule has 0 heterocycles. The molecule has 0 radical (unpaired) electrons. The molecule has 0 bridgehead atoms. The highest BCUT2D eigenvalue weighted by Crippen LogP contribution is 2.27. The van der Waals surface area contributed by atoms with E-state index in [4.69, 9.17) is 9.47 Å². The summed E-state index contributed by atoms with van der Waals surface area (Å²) in [5.74, 6) is -0.693. The van der Waals surface area contributed by atoms with Crippen LogP contribution in [0.1, 0.15) is 17.3 Å². The van der Waals surface area contributed by atoms with Crippen molar-refractivity contribution in [3.63, 3.8) is 0 Å². The summed E-state index contributed by atoms with van der Waals surface area (Å²) in [6, 6.07) is 23.4. The molecule has 1 amide bonds. The number of carbonyl (C=O) groups excluding carboxylic acids is 3. The van der Waals surface area contributed by atoms with E-state index >= 15 is 0 Å². The highest BCUT2D eigenvalue weighted by molar-refractivity contribution is 5.98. The maximum absolute atomic E-state index is 12.5. The average molecular weight is 403 g/mol. The number of anilines is 1. The van der Waals surface area contributed by atoms with Crippen molar-refractivity contribution < 1.29 is 23.9 Å². The Labute approximate surface area is 174 Å². The number of esters is 1. The molecule has 0 saturated heterocycles. The van der Waals surface area contributed by atoms with Gasteiger partial charge in [0, 0.05) is 16.8 Å². The summed E-state index contributed by atoms with van der Waals surface area (Å²) in [5.41, 5.74) is 2.97. The molecule has 6 heteroatoms. The molecule has 0 aliphatic rings. The SMILES string of the molecule is C[C@H](OC(=O)COc1ccc(C=O)cc1)C(=O)Nc1ccccc1-c1ccccc1. The monoisotopic (exact) mass is 403 g/mol. The zero-order valence-electron chi connectivity index (χ0n) is 16.4. The van der Waals surface area contributed by atoms with E-state index in [2.05, 4.69) is 5.32 Å². The number of aldehydes is 1. The number of para-hydroxylation sites is 1. The van der Waals surface area contributed by atoms with Gasteiger partial charge in [-0.15, -0.1) is 0 Å². The highest BCUT2D eigenvalue weighted by atomic mass is 16.6. The first-order valence-corrected chi connectivity index (χ1v) is 9.39. The molecule has 0 aliphatic heterocycles. The fraction of sp³-hybridized carbons (Fsp3) is 0.125. The number of carbonyl (C=O) groups is 3. The third kappa shape index (κ3) is 5.54. The lowest BCUT2D eigenvalue weighted by atomic mass is 10.0. The van der Waals surface area contributed by atoms with Gasteiger partial charge >= 0.3 is 5.97 Å². The second-order valence-corrected chi connectivity index (χ2v) is 6.51. The van der Waals surface area contributed by atoms with E-state index in [1.807, 2.05) is 48.5 Å². The Morgan fingerprint density at radius 1 is 0.933 bits per heavy atom. The van der Waals surface area contributed by atoms with Crippen LogP contribution in [0.4, 0.5) is 5.69 Å². The first-order chi connectivity index (χ1) is 14.6. The van der Waals surface area contributed by atoms with Crippen LogP contribution in [-0.2, 0) is 14.3 Å². The van der Waals surface area contributed by atoms with E-state index in [1.165, 1.54) is 6.92 Å². The van der Waals surface area contributed by atoms with Gasteiger partial charge in [0.15, 0.2) is 12.7 Å². The van der Waals surface area contributed by atoms with Crippen LogP contribution in [0.5, 0.6) is 5.75 Å². The van der Waals surface area contributed by atoms with Gasteiger partial charge in [-0.3, -0.25) is 9.59 Å². The molecule has 1 N–H and O–H groups in total. The first-order valence-electron chi connectivity index (χ1n) is 9.39. The molecular formula is C24H21NO5. The van der Waals surface area contributed by atoms with Crippen molar-refractivity contribution in [3.8, 4) is 16.9 Å². The Kier molecular flexibility index (Phi) is 6.95. The predicted molar refractivity (Wildman–Crippen MR) is 113 cm³/mol. The van der Waals surface area contributed by atoms with Crippen LogP contribution in [-0.4, -0.2) is 30.9 Å². The number of ether oxygens (including phenoxy) is 2. The van der Waals surface area contributed by atoms with Crippen molar-refractivity contribution in [1.82, 2.24) is 0 Å². The van der Waals surface area contributed by atoms with Gasteiger partial charge in [0.05, 0.1) is 0 Å². The van der Waals surface area contributed by atoms with Gasteiger partial charge in [-0.25, -0.2) is 4.79 Å². The fourth-order valence-corrected chi connectivity index (χ4v) is 2.77. The number of amides is 1. The second-order valence-electron chi connectivity index (χ2n) is 6.51. The summed E-state index contributed by atoms with van der Waals surface area (Å²) in [4.78, 5) is 35.2. The molecule has 0 unspecified atom stereocenters. The van der Waals surface area contributed by atoms with E-state index < -0.39 is 18.0 Å². The van der Waals surface area contributed by atoms with Crippen LogP contribution in [0.2, 0.25) is 0 Å². The molecule has 3 aromatic rings. The van der Waals surface area contributed by atoms with Gasteiger partial charge in [-0.05, 0) is 42.8 Å². The Morgan fingerprint density at radius 3 is 2.30 bits per heavy atom. The van der Waals surface area contributed by atoms with E-state index in [0.717, 1.165) is 11.1 Å². The molecular weight excluding hydrogens is 382 g/mol. The Balaban J connectivity index is 1.56. The second kappa shape index (κ2) is 10.0. The normalized spacial score (nSPS) is 11.2. The first kappa shape index (κ1) is 20.8.